The Morgan fingerprint density at radius 3 is 2.78 bits per heavy atom. The second kappa shape index (κ2) is 6.12. The third kappa shape index (κ3) is 4.25. The summed E-state index contributed by atoms with van der Waals surface area (Å²) in [6.07, 6.45) is 2.49. The van der Waals surface area contributed by atoms with Gasteiger partial charge in [0.1, 0.15) is 0 Å². The highest BCUT2D eigenvalue weighted by Crippen LogP contribution is 2.18. The molecule has 0 bridgehead atoms. The zero-order valence-corrected chi connectivity index (χ0v) is 11.7. The maximum absolute atomic E-state index is 11.6. The maximum Gasteiger partial charge on any atom is 0.328 e. The summed E-state index contributed by atoms with van der Waals surface area (Å²) < 4.78 is 25.7. The summed E-state index contributed by atoms with van der Waals surface area (Å²) >= 11 is 1.38. The van der Waals surface area contributed by atoms with Crippen molar-refractivity contribution in [1.82, 2.24) is 4.72 Å². The molecule has 0 spiro atoms. The molecule has 18 heavy (non-hydrogen) atoms. The molecule has 1 aromatic heterocycles. The van der Waals surface area contributed by atoms with Crippen molar-refractivity contribution < 1.29 is 18.3 Å². The fourth-order valence-corrected chi connectivity index (χ4v) is 2.71. The average molecular weight is 289 g/mol. The summed E-state index contributed by atoms with van der Waals surface area (Å²) in [5.74, 6) is -1.03. The fraction of sp³-hybridized carbons (Fsp3) is 0.364. The highest BCUT2D eigenvalue weighted by molar-refractivity contribution is 7.90. The summed E-state index contributed by atoms with van der Waals surface area (Å²) in [5.41, 5.74) is 0.717. The number of hydrogen-bond acceptors (Lipinski definition) is 4. The predicted molar refractivity (Wildman–Crippen MR) is 71.9 cm³/mol. The van der Waals surface area contributed by atoms with Crippen molar-refractivity contribution in [2.24, 2.45) is 0 Å². The first-order valence-electron chi connectivity index (χ1n) is 5.29. The molecule has 0 atom stereocenters. The van der Waals surface area contributed by atoms with E-state index in [1.807, 2.05) is 0 Å². The Morgan fingerprint density at radius 2 is 2.22 bits per heavy atom. The highest BCUT2D eigenvalue weighted by atomic mass is 32.2. The van der Waals surface area contributed by atoms with E-state index in [2.05, 4.69) is 4.72 Å². The minimum atomic E-state index is -3.31. The largest absolute Gasteiger partial charge is 0.478 e. The second-order valence-corrected chi connectivity index (χ2v) is 7.21. The summed E-state index contributed by atoms with van der Waals surface area (Å²) in [7, 11) is -3.31. The molecule has 0 saturated heterocycles. The number of nitrogens with one attached hydrogen (secondary N) is 1. The van der Waals surface area contributed by atoms with Crippen LogP contribution in [0, 0.1) is 0 Å². The molecule has 100 valence electrons. The quantitative estimate of drug-likeness (QED) is 0.780. The highest BCUT2D eigenvalue weighted by Gasteiger charge is 2.15. The minimum Gasteiger partial charge on any atom is -0.478 e. The molecule has 0 aliphatic heterocycles. The van der Waals surface area contributed by atoms with Crippen LogP contribution in [-0.2, 0) is 21.4 Å². The zero-order chi connectivity index (χ0) is 13.8. The second-order valence-electron chi connectivity index (χ2n) is 3.89. The first kappa shape index (κ1) is 14.9. The van der Waals surface area contributed by atoms with Crippen LogP contribution in [0.4, 0.5) is 0 Å². The van der Waals surface area contributed by atoms with Gasteiger partial charge in [-0.1, -0.05) is 0 Å². The van der Waals surface area contributed by atoms with Crippen LogP contribution in [0.15, 0.2) is 17.5 Å². The SMILES string of the molecule is CC(C)S(=O)(=O)NCc1sccc1C=CC(=O)O. The molecule has 0 fully saturated rings. The van der Waals surface area contributed by atoms with Gasteiger partial charge in [-0.15, -0.1) is 11.3 Å². The summed E-state index contributed by atoms with van der Waals surface area (Å²) in [6.45, 7) is 3.38. The lowest BCUT2D eigenvalue weighted by molar-refractivity contribution is -0.131. The smallest absolute Gasteiger partial charge is 0.328 e. The van der Waals surface area contributed by atoms with Crippen LogP contribution in [0.25, 0.3) is 6.08 Å². The van der Waals surface area contributed by atoms with E-state index < -0.39 is 21.2 Å². The number of hydrogen-bond donors (Lipinski definition) is 2. The Morgan fingerprint density at radius 1 is 1.56 bits per heavy atom. The van der Waals surface area contributed by atoms with Crippen molar-refractivity contribution >= 4 is 33.4 Å². The zero-order valence-electron chi connectivity index (χ0n) is 10.1. The van der Waals surface area contributed by atoms with Gasteiger partial charge in [0.15, 0.2) is 0 Å². The van der Waals surface area contributed by atoms with E-state index >= 15 is 0 Å². The molecule has 7 heteroatoms. The van der Waals surface area contributed by atoms with Gasteiger partial charge in [-0.05, 0) is 36.9 Å². The standard InChI is InChI=1S/C11H15NO4S2/c1-8(2)18(15,16)12-7-10-9(5-6-17-10)3-4-11(13)14/h3-6,8,12H,7H2,1-2H3,(H,13,14). The Kier molecular flexibility index (Phi) is 5.06. The van der Waals surface area contributed by atoms with Crippen molar-refractivity contribution in [1.29, 1.82) is 0 Å². The maximum atomic E-state index is 11.6. The number of sulfonamides is 1. The van der Waals surface area contributed by atoms with Crippen LogP contribution in [0.1, 0.15) is 24.3 Å². The van der Waals surface area contributed by atoms with Gasteiger partial charge in [0.05, 0.1) is 5.25 Å². The van der Waals surface area contributed by atoms with Crippen LogP contribution < -0.4 is 4.72 Å². The topological polar surface area (TPSA) is 83.5 Å². The normalized spacial score (nSPS) is 12.4. The molecule has 1 heterocycles. The Bertz CT molecular complexity index is 543. The number of rotatable bonds is 6. The lowest BCUT2D eigenvalue weighted by Crippen LogP contribution is -2.30. The molecule has 0 aliphatic rings. The number of carboxylic acid groups (broad SMARTS) is 1. The first-order chi connectivity index (χ1) is 8.33. The third-order valence-electron chi connectivity index (χ3n) is 2.24. The van der Waals surface area contributed by atoms with Crippen molar-refractivity contribution in [2.45, 2.75) is 25.6 Å². The lowest BCUT2D eigenvalue weighted by Gasteiger charge is -2.08. The molecule has 0 aliphatic carbocycles. The average Bonchev–Trinajstić information content (AvgIpc) is 2.70. The van der Waals surface area contributed by atoms with Gasteiger partial charge in [-0.25, -0.2) is 17.9 Å². The number of carbonyl (C=O) groups is 1. The molecule has 0 aromatic carbocycles. The Hall–Kier alpha value is -1.18. The van der Waals surface area contributed by atoms with E-state index in [1.54, 1.807) is 25.3 Å². The van der Waals surface area contributed by atoms with Gasteiger partial charge in [-0.3, -0.25) is 0 Å². The van der Waals surface area contributed by atoms with Gasteiger partial charge in [0.25, 0.3) is 0 Å². The van der Waals surface area contributed by atoms with E-state index in [4.69, 9.17) is 5.11 Å². The van der Waals surface area contributed by atoms with E-state index in [1.165, 1.54) is 17.4 Å². The summed E-state index contributed by atoms with van der Waals surface area (Å²) in [6, 6.07) is 1.75. The van der Waals surface area contributed by atoms with E-state index in [0.717, 1.165) is 11.0 Å². The monoisotopic (exact) mass is 289 g/mol. The number of thiophene rings is 1. The van der Waals surface area contributed by atoms with Crippen LogP contribution in [-0.4, -0.2) is 24.7 Å². The first-order valence-corrected chi connectivity index (χ1v) is 7.71. The van der Waals surface area contributed by atoms with Crippen LogP contribution in [0.2, 0.25) is 0 Å². The summed E-state index contributed by atoms with van der Waals surface area (Å²) in [4.78, 5) is 11.2. The van der Waals surface area contributed by atoms with Crippen molar-refractivity contribution in [2.75, 3.05) is 0 Å². The van der Waals surface area contributed by atoms with Crippen LogP contribution >= 0.6 is 11.3 Å². The van der Waals surface area contributed by atoms with E-state index in [-0.39, 0.29) is 6.54 Å². The molecule has 0 radical (unpaired) electrons. The molecule has 0 amide bonds. The predicted octanol–water partition coefficient (Wildman–Crippen LogP) is 1.67. The van der Waals surface area contributed by atoms with Gasteiger partial charge >= 0.3 is 5.97 Å². The third-order valence-corrected chi connectivity index (χ3v) is 4.96. The van der Waals surface area contributed by atoms with Gasteiger partial charge < -0.3 is 5.11 Å². The van der Waals surface area contributed by atoms with Crippen molar-refractivity contribution in [3.8, 4) is 0 Å². The van der Waals surface area contributed by atoms with Crippen LogP contribution in [0.3, 0.4) is 0 Å². The number of aliphatic carboxylic acids is 1. The van der Waals surface area contributed by atoms with Crippen molar-refractivity contribution in [3.63, 3.8) is 0 Å². The van der Waals surface area contributed by atoms with Crippen LogP contribution in [0.5, 0.6) is 0 Å². The molecule has 1 rings (SSSR count). The van der Waals surface area contributed by atoms with E-state index in [9.17, 15) is 13.2 Å². The van der Waals surface area contributed by atoms with E-state index in [0.29, 0.717) is 5.56 Å². The molecule has 0 unspecified atom stereocenters. The molecule has 2 N–H and O–H groups in total. The molecule has 0 saturated carbocycles. The Balaban J connectivity index is 2.75. The van der Waals surface area contributed by atoms with Gasteiger partial charge in [0, 0.05) is 17.5 Å². The molecular formula is C11H15NO4S2. The Labute approximate surface area is 110 Å². The molecule has 1 aromatic rings. The molecular weight excluding hydrogens is 274 g/mol. The van der Waals surface area contributed by atoms with Crippen molar-refractivity contribution in [3.05, 3.63) is 28.0 Å². The minimum absolute atomic E-state index is 0.178. The lowest BCUT2D eigenvalue weighted by atomic mass is 10.2. The fourth-order valence-electron chi connectivity index (χ4n) is 1.14. The number of carboxylic acids is 1. The summed E-state index contributed by atoms with van der Waals surface area (Å²) in [5, 5.41) is 9.84. The molecule has 5 nitrogen and oxygen atoms in total. The van der Waals surface area contributed by atoms with Gasteiger partial charge in [0.2, 0.25) is 10.0 Å². The van der Waals surface area contributed by atoms with Gasteiger partial charge in [-0.2, -0.15) is 0 Å².